The minimum atomic E-state index is -0.466. The van der Waals surface area contributed by atoms with Crippen molar-refractivity contribution in [1.82, 2.24) is 0 Å². The second-order valence-electron chi connectivity index (χ2n) is 18.2. The van der Waals surface area contributed by atoms with Gasteiger partial charge < -0.3 is 9.32 Å². The van der Waals surface area contributed by atoms with Gasteiger partial charge in [-0.2, -0.15) is 0 Å². The van der Waals surface area contributed by atoms with E-state index in [4.69, 9.17) is 4.42 Å². The second kappa shape index (κ2) is 13.7. The Kier molecular flexibility index (Phi) is 7.46. The summed E-state index contributed by atoms with van der Waals surface area (Å²) in [6, 6.07) is 87.7. The Morgan fingerprint density at radius 2 is 0.866 bits per heavy atom. The minimum absolute atomic E-state index is 0.466. The predicted octanol–water partition coefficient (Wildman–Crippen LogP) is 17.7. The summed E-state index contributed by atoms with van der Waals surface area (Å²) in [7, 11) is 0. The lowest BCUT2D eigenvalue weighted by atomic mass is 9.70. The third kappa shape index (κ3) is 4.89. The van der Waals surface area contributed by atoms with Crippen molar-refractivity contribution in [3.8, 4) is 33.4 Å². The molecule has 0 fully saturated rings. The zero-order valence-corrected chi connectivity index (χ0v) is 36.4. The fraction of sp³-hybridized carbons (Fsp3) is 0.0154. The van der Waals surface area contributed by atoms with E-state index < -0.39 is 5.41 Å². The van der Waals surface area contributed by atoms with Gasteiger partial charge in [0, 0.05) is 27.6 Å². The van der Waals surface area contributed by atoms with E-state index in [1.54, 1.807) is 0 Å². The van der Waals surface area contributed by atoms with Crippen molar-refractivity contribution in [3.05, 3.63) is 259 Å². The van der Waals surface area contributed by atoms with Crippen molar-refractivity contribution in [2.75, 3.05) is 4.90 Å². The van der Waals surface area contributed by atoms with Crippen LogP contribution in [0.5, 0.6) is 0 Å². The molecule has 0 saturated heterocycles. The van der Waals surface area contributed by atoms with Crippen molar-refractivity contribution in [3.63, 3.8) is 0 Å². The number of hydrogen-bond acceptors (Lipinski definition) is 2. The molecule has 2 aliphatic rings. The summed E-state index contributed by atoms with van der Waals surface area (Å²) >= 11 is 0. The van der Waals surface area contributed by atoms with Crippen molar-refractivity contribution >= 4 is 82.1 Å². The van der Waals surface area contributed by atoms with E-state index in [1.807, 2.05) is 0 Å². The van der Waals surface area contributed by atoms with Crippen LogP contribution in [0.25, 0.3) is 98.4 Å². The first-order valence-electron chi connectivity index (χ1n) is 23.3. The van der Waals surface area contributed by atoms with Crippen molar-refractivity contribution in [2.24, 2.45) is 0 Å². The highest BCUT2D eigenvalue weighted by atomic mass is 16.3. The molecule has 1 spiro atoms. The molecular weight excluding hydrogens is 811 g/mol. The van der Waals surface area contributed by atoms with Gasteiger partial charge in [-0.15, -0.1) is 0 Å². The van der Waals surface area contributed by atoms with E-state index >= 15 is 0 Å². The van der Waals surface area contributed by atoms with Crippen molar-refractivity contribution in [1.29, 1.82) is 0 Å². The molecule has 2 aliphatic carbocycles. The number of nitrogens with zero attached hydrogens (tertiary/aromatic N) is 1. The highest BCUT2D eigenvalue weighted by molar-refractivity contribution is 6.30. The van der Waals surface area contributed by atoms with Crippen LogP contribution in [0.1, 0.15) is 22.3 Å². The van der Waals surface area contributed by atoms with Crippen LogP contribution in [-0.4, -0.2) is 0 Å². The number of para-hydroxylation sites is 1. The van der Waals surface area contributed by atoms with E-state index in [0.717, 1.165) is 33.6 Å². The summed E-state index contributed by atoms with van der Waals surface area (Å²) in [5.74, 6) is 0. The largest absolute Gasteiger partial charge is 0.456 e. The van der Waals surface area contributed by atoms with Gasteiger partial charge in [0.2, 0.25) is 0 Å². The summed E-state index contributed by atoms with van der Waals surface area (Å²) in [5, 5.41) is 12.0. The lowest BCUT2D eigenvalue weighted by Crippen LogP contribution is -2.26. The first-order chi connectivity index (χ1) is 33.3. The molecule has 0 bridgehead atoms. The topological polar surface area (TPSA) is 16.4 Å². The fourth-order valence-corrected chi connectivity index (χ4v) is 12.4. The Morgan fingerprint density at radius 3 is 1.63 bits per heavy atom. The Hall–Kier alpha value is -8.72. The summed E-state index contributed by atoms with van der Waals surface area (Å²) in [5.41, 5.74) is 17.5. The van der Waals surface area contributed by atoms with Gasteiger partial charge in [-0.1, -0.05) is 194 Å². The smallest absolute Gasteiger partial charge is 0.136 e. The number of rotatable bonds is 4. The van der Waals surface area contributed by atoms with E-state index in [-0.39, 0.29) is 0 Å². The number of fused-ring (bicyclic) bond motifs is 21. The molecule has 1 aromatic heterocycles. The first kappa shape index (κ1) is 36.6. The third-order valence-electron chi connectivity index (χ3n) is 15.0. The SMILES string of the molecule is c1ccc(-c2ccccc2N(c2ccc3c(c2)c2ccccc2c2cc4c(cc32)oc2ccc3ccccc3c24)c2cccc3c2-c2ccccc2C32c3ccccc3-c3ccccc32)cc1. The van der Waals surface area contributed by atoms with Crippen LogP contribution in [0.4, 0.5) is 17.1 Å². The van der Waals surface area contributed by atoms with Crippen LogP contribution in [0.15, 0.2) is 241 Å². The lowest BCUT2D eigenvalue weighted by molar-refractivity contribution is 0.670. The van der Waals surface area contributed by atoms with Crippen LogP contribution < -0.4 is 4.90 Å². The van der Waals surface area contributed by atoms with E-state index in [9.17, 15) is 0 Å². The minimum Gasteiger partial charge on any atom is -0.456 e. The average molecular weight is 850 g/mol. The normalized spacial score (nSPS) is 13.2. The summed E-state index contributed by atoms with van der Waals surface area (Å²) in [6.45, 7) is 0. The molecular formula is C65H39NO. The summed E-state index contributed by atoms with van der Waals surface area (Å²) < 4.78 is 6.71. The molecule has 12 aromatic carbocycles. The quantitative estimate of drug-likeness (QED) is 0.164. The number of benzene rings is 12. The maximum atomic E-state index is 6.71. The van der Waals surface area contributed by atoms with E-state index in [0.29, 0.717) is 0 Å². The zero-order valence-electron chi connectivity index (χ0n) is 36.4. The molecule has 2 heteroatoms. The van der Waals surface area contributed by atoms with Crippen molar-refractivity contribution in [2.45, 2.75) is 5.41 Å². The Morgan fingerprint density at radius 1 is 0.313 bits per heavy atom. The molecule has 67 heavy (non-hydrogen) atoms. The van der Waals surface area contributed by atoms with E-state index in [1.165, 1.54) is 104 Å². The molecule has 0 N–H and O–H groups in total. The maximum Gasteiger partial charge on any atom is 0.136 e. The monoisotopic (exact) mass is 849 g/mol. The van der Waals surface area contributed by atoms with Gasteiger partial charge in [0.05, 0.1) is 16.8 Å². The molecule has 0 atom stereocenters. The lowest BCUT2D eigenvalue weighted by Gasteiger charge is -2.32. The van der Waals surface area contributed by atoms with Gasteiger partial charge in [-0.3, -0.25) is 0 Å². The van der Waals surface area contributed by atoms with E-state index in [2.05, 4.69) is 241 Å². The molecule has 0 aliphatic heterocycles. The van der Waals surface area contributed by atoms with Crippen LogP contribution in [0.2, 0.25) is 0 Å². The zero-order chi connectivity index (χ0) is 43.8. The number of anilines is 3. The molecule has 0 saturated carbocycles. The Labute approximate surface area is 387 Å². The molecule has 310 valence electrons. The molecule has 0 amide bonds. The third-order valence-corrected chi connectivity index (χ3v) is 15.0. The molecule has 0 unspecified atom stereocenters. The summed E-state index contributed by atoms with van der Waals surface area (Å²) in [6.07, 6.45) is 0. The fourth-order valence-electron chi connectivity index (χ4n) is 12.4. The predicted molar refractivity (Wildman–Crippen MR) is 280 cm³/mol. The molecule has 1 heterocycles. The molecule has 2 nitrogen and oxygen atoms in total. The van der Waals surface area contributed by atoms with Gasteiger partial charge in [0.1, 0.15) is 11.2 Å². The Balaban J connectivity index is 1.03. The second-order valence-corrected chi connectivity index (χ2v) is 18.2. The van der Waals surface area contributed by atoms with Gasteiger partial charge in [0.15, 0.2) is 0 Å². The van der Waals surface area contributed by atoms with Crippen LogP contribution in [0.3, 0.4) is 0 Å². The number of furan rings is 1. The highest BCUT2D eigenvalue weighted by Gasteiger charge is 2.52. The molecule has 15 rings (SSSR count). The average Bonchev–Trinajstić information content (AvgIpc) is 4.03. The van der Waals surface area contributed by atoms with Gasteiger partial charge in [-0.05, 0) is 130 Å². The maximum absolute atomic E-state index is 6.71. The number of hydrogen-bond donors (Lipinski definition) is 0. The van der Waals surface area contributed by atoms with Crippen LogP contribution in [0, 0.1) is 0 Å². The first-order valence-corrected chi connectivity index (χ1v) is 23.3. The highest BCUT2D eigenvalue weighted by Crippen LogP contribution is 2.65. The van der Waals surface area contributed by atoms with Crippen LogP contribution in [-0.2, 0) is 5.41 Å². The van der Waals surface area contributed by atoms with Gasteiger partial charge in [-0.25, -0.2) is 0 Å². The van der Waals surface area contributed by atoms with Crippen molar-refractivity contribution < 1.29 is 4.42 Å². The molecule has 0 radical (unpaired) electrons. The summed E-state index contributed by atoms with van der Waals surface area (Å²) in [4.78, 5) is 2.54. The Bertz CT molecular complexity index is 4190. The molecule has 13 aromatic rings. The van der Waals surface area contributed by atoms with Gasteiger partial charge in [0.25, 0.3) is 0 Å². The standard InChI is InChI=1S/C65H39NO/c1-2-17-40(18-3-1)43-20-11-15-31-59(43)66(60-32-16-30-58-64(60)50-26-10-14-29-57(50)65(58)55-27-12-8-24-48(55)49-25-9-13-28-56(49)65)42-34-35-47-51(37-42)45-22-6-7-23-46(45)52-38-54-62(39-53(47)52)67-61-36-33-41-19-4-5-21-44(41)63(54)61/h1-39H. The van der Waals surface area contributed by atoms with Crippen LogP contribution >= 0.6 is 0 Å². The van der Waals surface area contributed by atoms with Gasteiger partial charge >= 0.3 is 0 Å².